The Kier molecular flexibility index (Phi) is 5.52. The molecule has 2 rings (SSSR count). The summed E-state index contributed by atoms with van der Waals surface area (Å²) in [5, 5.41) is 2.78. The van der Waals surface area contributed by atoms with Crippen molar-refractivity contribution < 1.29 is 18.7 Å². The lowest BCUT2D eigenvalue weighted by molar-refractivity contribution is -0.0928. The van der Waals surface area contributed by atoms with Gasteiger partial charge in [-0.15, -0.1) is 0 Å². The van der Waals surface area contributed by atoms with Crippen LogP contribution in [0.15, 0.2) is 18.2 Å². The molecule has 1 aromatic carbocycles. The van der Waals surface area contributed by atoms with Crippen molar-refractivity contribution in [2.75, 3.05) is 33.4 Å². The van der Waals surface area contributed by atoms with Crippen LogP contribution < -0.4 is 5.32 Å². The largest absolute Gasteiger partial charge is 0.376 e. The van der Waals surface area contributed by atoms with Gasteiger partial charge < -0.3 is 19.7 Å². The van der Waals surface area contributed by atoms with E-state index in [4.69, 9.17) is 9.47 Å². The molecule has 1 atom stereocenters. The smallest absolute Gasteiger partial charge is 0.317 e. The molecule has 1 aliphatic rings. The first-order valence-corrected chi connectivity index (χ1v) is 6.99. The minimum atomic E-state index is -0.300. The Bertz CT molecular complexity index is 490. The van der Waals surface area contributed by atoms with Gasteiger partial charge in [0.1, 0.15) is 5.82 Å². The number of aryl methyl sites for hydroxylation is 1. The number of nitrogens with one attached hydrogen (secondary N) is 1. The van der Waals surface area contributed by atoms with E-state index in [1.807, 2.05) is 6.92 Å². The number of hydrogen-bond acceptors (Lipinski definition) is 3. The number of likely N-dealkylation sites (N-methyl/N-ethyl adjacent to an activating group) is 1. The lowest BCUT2D eigenvalue weighted by Crippen LogP contribution is -2.44. The highest BCUT2D eigenvalue weighted by Crippen LogP contribution is 2.10. The molecule has 2 amide bonds. The van der Waals surface area contributed by atoms with Crippen LogP contribution >= 0.6 is 0 Å². The number of hydrogen-bond donors (Lipinski definition) is 1. The number of amides is 2. The highest BCUT2D eigenvalue weighted by atomic mass is 19.1. The fourth-order valence-corrected chi connectivity index (χ4v) is 2.17. The summed E-state index contributed by atoms with van der Waals surface area (Å²) >= 11 is 0. The van der Waals surface area contributed by atoms with Gasteiger partial charge in [0.05, 0.1) is 32.5 Å². The Morgan fingerprint density at radius 3 is 3.00 bits per heavy atom. The molecular weight excluding hydrogens is 275 g/mol. The summed E-state index contributed by atoms with van der Waals surface area (Å²) in [4.78, 5) is 13.6. The van der Waals surface area contributed by atoms with Crippen LogP contribution in [0.4, 0.5) is 9.18 Å². The van der Waals surface area contributed by atoms with E-state index >= 15 is 0 Å². The standard InChI is InChI=1S/C15H21FN2O3/c1-11-3-4-13(16)7-12(11)8-17-15(19)18(2)9-14-10-20-5-6-21-14/h3-4,7,14H,5-6,8-10H2,1-2H3,(H,17,19)/t14-/m0/s1. The molecule has 0 bridgehead atoms. The molecule has 0 spiro atoms. The molecule has 1 aromatic rings. The number of urea groups is 1. The fourth-order valence-electron chi connectivity index (χ4n) is 2.17. The second-order valence-electron chi connectivity index (χ2n) is 5.18. The lowest BCUT2D eigenvalue weighted by Gasteiger charge is -2.27. The molecule has 0 aliphatic carbocycles. The van der Waals surface area contributed by atoms with Crippen LogP contribution in [0, 0.1) is 12.7 Å². The summed E-state index contributed by atoms with van der Waals surface area (Å²) in [5.74, 6) is -0.300. The van der Waals surface area contributed by atoms with Crippen LogP contribution in [0.2, 0.25) is 0 Å². The van der Waals surface area contributed by atoms with Gasteiger partial charge in [-0.3, -0.25) is 0 Å². The predicted octanol–water partition coefficient (Wildman–Crippen LogP) is 1.69. The Hall–Kier alpha value is -1.66. The third-order valence-corrected chi connectivity index (χ3v) is 3.45. The molecule has 1 N–H and O–H groups in total. The molecular formula is C15H21FN2O3. The van der Waals surface area contributed by atoms with Gasteiger partial charge in [0, 0.05) is 13.6 Å². The van der Waals surface area contributed by atoms with E-state index in [9.17, 15) is 9.18 Å². The van der Waals surface area contributed by atoms with E-state index in [0.29, 0.717) is 32.9 Å². The third-order valence-electron chi connectivity index (χ3n) is 3.45. The van der Waals surface area contributed by atoms with Crippen LogP contribution in [0.5, 0.6) is 0 Å². The quantitative estimate of drug-likeness (QED) is 0.920. The van der Waals surface area contributed by atoms with E-state index < -0.39 is 0 Å². The molecule has 6 heteroatoms. The summed E-state index contributed by atoms with van der Waals surface area (Å²) in [7, 11) is 1.70. The molecule has 0 radical (unpaired) electrons. The number of nitrogens with zero attached hydrogens (tertiary/aromatic N) is 1. The topological polar surface area (TPSA) is 50.8 Å². The maximum absolute atomic E-state index is 13.2. The van der Waals surface area contributed by atoms with Crippen LogP contribution in [0.25, 0.3) is 0 Å². The van der Waals surface area contributed by atoms with E-state index in [1.54, 1.807) is 18.0 Å². The molecule has 1 heterocycles. The third kappa shape index (κ3) is 4.68. The second kappa shape index (κ2) is 7.38. The lowest BCUT2D eigenvalue weighted by atomic mass is 10.1. The summed E-state index contributed by atoms with van der Waals surface area (Å²) in [6, 6.07) is 4.34. The summed E-state index contributed by atoms with van der Waals surface area (Å²) in [6.07, 6.45) is -0.0922. The normalized spacial score (nSPS) is 18.3. The van der Waals surface area contributed by atoms with E-state index in [-0.39, 0.29) is 18.0 Å². The van der Waals surface area contributed by atoms with Gasteiger partial charge in [0.15, 0.2) is 0 Å². The molecule has 0 unspecified atom stereocenters. The van der Waals surface area contributed by atoms with Crippen molar-refractivity contribution in [3.05, 3.63) is 35.1 Å². The average Bonchev–Trinajstić information content (AvgIpc) is 2.49. The first-order valence-electron chi connectivity index (χ1n) is 6.99. The highest BCUT2D eigenvalue weighted by Gasteiger charge is 2.19. The maximum atomic E-state index is 13.2. The van der Waals surface area contributed by atoms with Gasteiger partial charge in [0.2, 0.25) is 0 Å². The molecule has 21 heavy (non-hydrogen) atoms. The van der Waals surface area contributed by atoms with Crippen molar-refractivity contribution in [1.29, 1.82) is 0 Å². The van der Waals surface area contributed by atoms with Crippen molar-refractivity contribution >= 4 is 6.03 Å². The highest BCUT2D eigenvalue weighted by molar-refractivity contribution is 5.73. The zero-order chi connectivity index (χ0) is 15.2. The minimum Gasteiger partial charge on any atom is -0.376 e. The molecule has 1 fully saturated rings. The number of benzene rings is 1. The Labute approximate surface area is 124 Å². The molecule has 0 aromatic heterocycles. The summed E-state index contributed by atoms with van der Waals surface area (Å²) in [5.41, 5.74) is 1.72. The fraction of sp³-hybridized carbons (Fsp3) is 0.533. The zero-order valence-electron chi connectivity index (χ0n) is 12.4. The van der Waals surface area contributed by atoms with Gasteiger partial charge in [-0.2, -0.15) is 0 Å². The summed E-state index contributed by atoms with van der Waals surface area (Å²) < 4.78 is 24.0. The van der Waals surface area contributed by atoms with Crippen molar-refractivity contribution in [2.24, 2.45) is 0 Å². The first kappa shape index (κ1) is 15.7. The van der Waals surface area contributed by atoms with Gasteiger partial charge in [-0.25, -0.2) is 9.18 Å². The Morgan fingerprint density at radius 1 is 1.48 bits per heavy atom. The maximum Gasteiger partial charge on any atom is 0.317 e. The van der Waals surface area contributed by atoms with Gasteiger partial charge in [-0.1, -0.05) is 6.07 Å². The van der Waals surface area contributed by atoms with Crippen molar-refractivity contribution in [2.45, 2.75) is 19.6 Å². The van der Waals surface area contributed by atoms with Gasteiger partial charge in [0.25, 0.3) is 0 Å². The monoisotopic (exact) mass is 296 g/mol. The molecule has 1 saturated heterocycles. The first-order chi connectivity index (χ1) is 10.1. The molecule has 0 saturated carbocycles. The number of halogens is 1. The van der Waals surface area contributed by atoms with Crippen LogP contribution in [0.3, 0.4) is 0 Å². The van der Waals surface area contributed by atoms with Crippen LogP contribution in [0.1, 0.15) is 11.1 Å². The molecule has 1 aliphatic heterocycles. The van der Waals surface area contributed by atoms with E-state index in [2.05, 4.69) is 5.32 Å². The van der Waals surface area contributed by atoms with Crippen molar-refractivity contribution in [3.8, 4) is 0 Å². The second-order valence-corrected chi connectivity index (χ2v) is 5.18. The Balaban J connectivity index is 1.81. The summed E-state index contributed by atoms with van der Waals surface area (Å²) in [6.45, 7) is 4.31. The van der Waals surface area contributed by atoms with Gasteiger partial charge >= 0.3 is 6.03 Å². The number of carbonyl (C=O) groups excluding carboxylic acids is 1. The Morgan fingerprint density at radius 2 is 2.29 bits per heavy atom. The minimum absolute atomic E-state index is 0.0922. The number of ether oxygens (including phenoxy) is 2. The SMILES string of the molecule is Cc1ccc(F)cc1CNC(=O)N(C)C[C@H]1COCCO1. The predicted molar refractivity (Wildman–Crippen MR) is 76.6 cm³/mol. The molecule has 116 valence electrons. The van der Waals surface area contributed by atoms with E-state index in [0.717, 1.165) is 11.1 Å². The van der Waals surface area contributed by atoms with Crippen LogP contribution in [-0.4, -0.2) is 50.4 Å². The average molecular weight is 296 g/mol. The van der Waals surface area contributed by atoms with Crippen LogP contribution in [-0.2, 0) is 16.0 Å². The number of rotatable bonds is 4. The zero-order valence-corrected chi connectivity index (χ0v) is 12.4. The number of carbonyl (C=O) groups is 1. The van der Waals surface area contributed by atoms with Crippen molar-refractivity contribution in [1.82, 2.24) is 10.2 Å². The van der Waals surface area contributed by atoms with Gasteiger partial charge in [-0.05, 0) is 30.2 Å². The van der Waals surface area contributed by atoms with E-state index in [1.165, 1.54) is 12.1 Å². The van der Waals surface area contributed by atoms with Crippen molar-refractivity contribution in [3.63, 3.8) is 0 Å². The molecule has 5 nitrogen and oxygen atoms in total.